The van der Waals surface area contributed by atoms with Gasteiger partial charge in [0.15, 0.2) is 0 Å². The second kappa shape index (κ2) is 7.35. The van der Waals surface area contributed by atoms with E-state index in [1.165, 1.54) is 56.9 Å². The highest BCUT2D eigenvalue weighted by Gasteiger charge is 2.28. The third kappa shape index (κ3) is 3.74. The zero-order valence-corrected chi connectivity index (χ0v) is 14.2. The maximum absolute atomic E-state index is 5.47. The van der Waals surface area contributed by atoms with E-state index in [9.17, 15) is 0 Å². The molecule has 0 radical (unpaired) electrons. The van der Waals surface area contributed by atoms with Gasteiger partial charge in [0.2, 0.25) is 0 Å². The third-order valence-electron chi connectivity index (χ3n) is 5.90. The summed E-state index contributed by atoms with van der Waals surface area (Å²) in [5, 5.41) is 0. The van der Waals surface area contributed by atoms with Gasteiger partial charge in [0.1, 0.15) is 5.75 Å². The summed E-state index contributed by atoms with van der Waals surface area (Å²) < 4.78 is 5.47. The van der Waals surface area contributed by atoms with E-state index in [1.807, 2.05) is 6.07 Å². The Kier molecular flexibility index (Phi) is 5.23. The van der Waals surface area contributed by atoms with Crippen LogP contribution in [0.3, 0.4) is 0 Å². The first-order chi connectivity index (χ1) is 10.8. The van der Waals surface area contributed by atoms with Crippen LogP contribution in [0.1, 0.15) is 63.9 Å². The van der Waals surface area contributed by atoms with Crippen LogP contribution in [0.4, 0.5) is 0 Å². The van der Waals surface area contributed by atoms with Crippen molar-refractivity contribution >= 4 is 6.08 Å². The summed E-state index contributed by atoms with van der Waals surface area (Å²) in [4.78, 5) is 0. The van der Waals surface area contributed by atoms with Crippen LogP contribution in [0, 0.1) is 17.8 Å². The lowest BCUT2D eigenvalue weighted by Crippen LogP contribution is -2.23. The van der Waals surface area contributed by atoms with Gasteiger partial charge < -0.3 is 4.74 Å². The van der Waals surface area contributed by atoms with E-state index in [0.717, 1.165) is 23.5 Å². The van der Waals surface area contributed by atoms with Crippen molar-refractivity contribution in [1.29, 1.82) is 0 Å². The first kappa shape index (κ1) is 15.6. The Morgan fingerprint density at radius 1 is 0.909 bits per heavy atom. The molecule has 0 amide bonds. The molecule has 0 atom stereocenters. The van der Waals surface area contributed by atoms with E-state index in [0.29, 0.717) is 0 Å². The number of para-hydroxylation sites is 1. The number of hydrogen-bond donors (Lipinski definition) is 0. The van der Waals surface area contributed by atoms with Gasteiger partial charge in [-0.2, -0.15) is 0 Å². The van der Waals surface area contributed by atoms with Crippen LogP contribution in [0.5, 0.6) is 5.75 Å². The number of hydrogen-bond acceptors (Lipinski definition) is 1. The highest BCUT2D eigenvalue weighted by Crippen LogP contribution is 2.41. The first-order valence-electron chi connectivity index (χ1n) is 9.08. The van der Waals surface area contributed by atoms with Crippen LogP contribution in [0.15, 0.2) is 29.8 Å². The third-order valence-corrected chi connectivity index (χ3v) is 5.90. The van der Waals surface area contributed by atoms with Gasteiger partial charge in [-0.25, -0.2) is 0 Å². The molecule has 3 rings (SSSR count). The first-order valence-corrected chi connectivity index (χ1v) is 9.08. The smallest absolute Gasteiger partial charge is 0.126 e. The van der Waals surface area contributed by atoms with Crippen LogP contribution in [0.25, 0.3) is 6.08 Å². The van der Waals surface area contributed by atoms with E-state index in [2.05, 4.69) is 31.2 Å². The molecule has 0 N–H and O–H groups in total. The van der Waals surface area contributed by atoms with Crippen molar-refractivity contribution in [2.24, 2.45) is 17.8 Å². The Balaban J connectivity index is 1.58. The molecule has 2 aliphatic rings. The molecule has 1 aromatic rings. The van der Waals surface area contributed by atoms with Crippen LogP contribution in [0.2, 0.25) is 0 Å². The Labute approximate surface area is 135 Å². The maximum Gasteiger partial charge on any atom is 0.126 e. The average molecular weight is 298 g/mol. The molecule has 2 aliphatic carbocycles. The molecule has 0 unspecified atom stereocenters. The molecule has 22 heavy (non-hydrogen) atoms. The molecule has 0 saturated heterocycles. The molecule has 0 aliphatic heterocycles. The molecule has 0 bridgehead atoms. The summed E-state index contributed by atoms with van der Waals surface area (Å²) >= 11 is 0. The van der Waals surface area contributed by atoms with Crippen LogP contribution < -0.4 is 4.74 Å². The molecular weight excluding hydrogens is 268 g/mol. The molecule has 0 spiro atoms. The lowest BCUT2D eigenvalue weighted by atomic mass is 9.70. The summed E-state index contributed by atoms with van der Waals surface area (Å²) in [5.41, 5.74) is 2.86. The van der Waals surface area contributed by atoms with E-state index in [1.54, 1.807) is 12.7 Å². The second-order valence-electron chi connectivity index (χ2n) is 7.40. The van der Waals surface area contributed by atoms with Gasteiger partial charge in [-0.1, -0.05) is 49.6 Å². The fourth-order valence-corrected chi connectivity index (χ4v) is 4.39. The minimum atomic E-state index is 0.973. The molecule has 120 valence electrons. The minimum absolute atomic E-state index is 0.973. The zero-order valence-electron chi connectivity index (χ0n) is 14.2. The fourth-order valence-electron chi connectivity index (χ4n) is 4.39. The summed E-state index contributed by atoms with van der Waals surface area (Å²) in [6.45, 7) is 2.42. The second-order valence-corrected chi connectivity index (χ2v) is 7.40. The topological polar surface area (TPSA) is 9.23 Å². The predicted octanol–water partition coefficient (Wildman–Crippen LogP) is 6.10. The summed E-state index contributed by atoms with van der Waals surface area (Å²) in [5.74, 6) is 3.98. The van der Waals surface area contributed by atoms with Crippen molar-refractivity contribution in [3.8, 4) is 5.75 Å². The summed E-state index contributed by atoms with van der Waals surface area (Å²) in [7, 11) is 1.76. The highest BCUT2D eigenvalue weighted by atomic mass is 16.5. The normalized spacial score (nSPS) is 29.2. The standard InChI is InChI=1S/C21H30O/c1-16-7-11-18(12-8-16)19-13-9-17(10-14-19)15-20-5-3-4-6-21(20)22-2/h3-6,15-16,18-19H,7-14H2,1-2H3. The van der Waals surface area contributed by atoms with Crippen molar-refractivity contribution in [3.05, 3.63) is 35.4 Å². The van der Waals surface area contributed by atoms with Gasteiger partial charge in [-0.3, -0.25) is 0 Å². The number of allylic oxidation sites excluding steroid dienone is 1. The monoisotopic (exact) mass is 298 g/mol. The van der Waals surface area contributed by atoms with Crippen molar-refractivity contribution in [1.82, 2.24) is 0 Å². The Morgan fingerprint density at radius 2 is 1.55 bits per heavy atom. The minimum Gasteiger partial charge on any atom is -0.496 e. The van der Waals surface area contributed by atoms with E-state index in [-0.39, 0.29) is 0 Å². The van der Waals surface area contributed by atoms with Gasteiger partial charge in [0.25, 0.3) is 0 Å². The molecule has 1 nitrogen and oxygen atoms in total. The van der Waals surface area contributed by atoms with Gasteiger partial charge in [-0.15, -0.1) is 0 Å². The average Bonchev–Trinajstić information content (AvgIpc) is 2.57. The summed E-state index contributed by atoms with van der Waals surface area (Å²) in [6.07, 6.45) is 13.6. The molecule has 1 heteroatoms. The Hall–Kier alpha value is -1.24. The van der Waals surface area contributed by atoms with Gasteiger partial charge >= 0.3 is 0 Å². The molecule has 1 aromatic carbocycles. The highest BCUT2D eigenvalue weighted by molar-refractivity contribution is 5.59. The molecule has 0 aromatic heterocycles. The van der Waals surface area contributed by atoms with Crippen molar-refractivity contribution in [2.75, 3.05) is 7.11 Å². The lowest BCUT2D eigenvalue weighted by Gasteiger charge is -2.35. The van der Waals surface area contributed by atoms with E-state index < -0.39 is 0 Å². The molecule has 2 fully saturated rings. The number of benzene rings is 1. The maximum atomic E-state index is 5.47. The van der Waals surface area contributed by atoms with Crippen molar-refractivity contribution < 1.29 is 4.74 Å². The van der Waals surface area contributed by atoms with Crippen molar-refractivity contribution in [2.45, 2.75) is 58.3 Å². The fraction of sp³-hybridized carbons (Fsp3) is 0.619. The largest absolute Gasteiger partial charge is 0.496 e. The number of methoxy groups -OCH3 is 1. The number of ether oxygens (including phenoxy) is 1. The summed E-state index contributed by atoms with van der Waals surface area (Å²) in [6, 6.07) is 8.37. The van der Waals surface area contributed by atoms with Crippen LogP contribution >= 0.6 is 0 Å². The van der Waals surface area contributed by atoms with E-state index >= 15 is 0 Å². The van der Waals surface area contributed by atoms with E-state index in [4.69, 9.17) is 4.74 Å². The Morgan fingerprint density at radius 3 is 2.23 bits per heavy atom. The molecule has 0 heterocycles. The van der Waals surface area contributed by atoms with Crippen LogP contribution in [-0.2, 0) is 0 Å². The number of rotatable bonds is 3. The van der Waals surface area contributed by atoms with Gasteiger partial charge in [0.05, 0.1) is 7.11 Å². The molecule has 2 saturated carbocycles. The van der Waals surface area contributed by atoms with Gasteiger partial charge in [0, 0.05) is 5.56 Å². The molecular formula is C21H30O. The van der Waals surface area contributed by atoms with Crippen molar-refractivity contribution in [3.63, 3.8) is 0 Å². The SMILES string of the molecule is COc1ccccc1C=C1CCC(C2CCC(C)CC2)CC1. The van der Waals surface area contributed by atoms with Crippen LogP contribution in [-0.4, -0.2) is 7.11 Å². The predicted molar refractivity (Wildman–Crippen MR) is 94.1 cm³/mol. The lowest BCUT2D eigenvalue weighted by molar-refractivity contribution is 0.185. The zero-order chi connectivity index (χ0) is 15.4. The Bertz CT molecular complexity index is 498. The quantitative estimate of drug-likeness (QED) is 0.655. The van der Waals surface area contributed by atoms with Gasteiger partial charge in [-0.05, 0) is 62.3 Å².